The highest BCUT2D eigenvalue weighted by Gasteiger charge is 2.33. The number of H-pyrrole nitrogens is 1. The molecule has 0 aliphatic rings. The second-order valence-corrected chi connectivity index (χ2v) is 14.7. The van der Waals surface area contributed by atoms with Gasteiger partial charge in [0.05, 0.1) is 19.1 Å². The second-order valence-electron chi connectivity index (χ2n) is 14.7. The Morgan fingerprint density at radius 2 is 1.22 bits per heavy atom. The van der Waals surface area contributed by atoms with E-state index in [2.05, 4.69) is 42.2 Å². The maximum absolute atomic E-state index is 14.0. The summed E-state index contributed by atoms with van der Waals surface area (Å²) in [6.07, 6.45) is 1.94. The molecular formula is C37H58N10O8. The summed E-state index contributed by atoms with van der Waals surface area (Å²) in [6.45, 7) is 12.6. The Kier molecular flexibility index (Phi) is 17.7. The molecule has 1 aromatic carbocycles. The Balaban J connectivity index is 2.25. The van der Waals surface area contributed by atoms with Gasteiger partial charge in [-0.2, -0.15) is 0 Å². The third-order valence-electron chi connectivity index (χ3n) is 8.73. The Morgan fingerprint density at radius 3 is 1.82 bits per heavy atom. The summed E-state index contributed by atoms with van der Waals surface area (Å²) in [7, 11) is 0. The predicted molar refractivity (Wildman–Crippen MR) is 205 cm³/mol. The van der Waals surface area contributed by atoms with Gasteiger partial charge in [-0.1, -0.05) is 59.7 Å². The maximum Gasteiger partial charge on any atom is 0.243 e. The first-order valence-corrected chi connectivity index (χ1v) is 18.4. The molecule has 0 aliphatic carbocycles. The van der Waals surface area contributed by atoms with E-state index in [0.29, 0.717) is 0 Å². The smallest absolute Gasteiger partial charge is 0.243 e. The number of amides is 8. The van der Waals surface area contributed by atoms with E-state index in [1.807, 2.05) is 38.1 Å². The van der Waals surface area contributed by atoms with Crippen LogP contribution in [-0.4, -0.2) is 102 Å². The van der Waals surface area contributed by atoms with Crippen molar-refractivity contribution in [2.75, 3.05) is 13.1 Å². The van der Waals surface area contributed by atoms with E-state index in [-0.39, 0.29) is 24.7 Å². The van der Waals surface area contributed by atoms with E-state index in [0.717, 1.165) is 16.5 Å². The van der Waals surface area contributed by atoms with Crippen molar-refractivity contribution in [1.29, 1.82) is 0 Å². The van der Waals surface area contributed by atoms with Gasteiger partial charge in [0.1, 0.15) is 30.2 Å². The van der Waals surface area contributed by atoms with Gasteiger partial charge in [-0.3, -0.25) is 38.4 Å². The van der Waals surface area contributed by atoms with Gasteiger partial charge in [-0.15, -0.1) is 0 Å². The van der Waals surface area contributed by atoms with Crippen molar-refractivity contribution in [1.82, 2.24) is 42.2 Å². The van der Waals surface area contributed by atoms with Gasteiger partial charge in [0, 0.05) is 23.5 Å². The van der Waals surface area contributed by atoms with Crippen molar-refractivity contribution in [3.63, 3.8) is 0 Å². The first-order valence-electron chi connectivity index (χ1n) is 18.4. The molecule has 18 nitrogen and oxygen atoms in total. The normalized spacial score (nSPS) is 14.5. The zero-order chi connectivity index (χ0) is 41.6. The highest BCUT2D eigenvalue weighted by atomic mass is 16.2. The van der Waals surface area contributed by atoms with Crippen molar-refractivity contribution >= 4 is 58.2 Å². The molecule has 12 N–H and O–H groups in total. The number of carbonyl (C=O) groups is 8. The molecule has 0 aliphatic heterocycles. The highest BCUT2D eigenvalue weighted by Crippen LogP contribution is 2.20. The van der Waals surface area contributed by atoms with Crippen molar-refractivity contribution in [3.8, 4) is 0 Å². The summed E-state index contributed by atoms with van der Waals surface area (Å²) in [6, 6.07) is 0.987. The first kappa shape index (κ1) is 45.6. The predicted octanol–water partition coefficient (Wildman–Crippen LogP) is -1.42. The number of benzene rings is 1. The summed E-state index contributed by atoms with van der Waals surface area (Å²) in [5, 5.41) is 18.7. The lowest BCUT2D eigenvalue weighted by atomic mass is 9.98. The van der Waals surface area contributed by atoms with Crippen LogP contribution in [0.5, 0.6) is 0 Å². The third-order valence-corrected chi connectivity index (χ3v) is 8.73. The average Bonchev–Trinajstić information content (AvgIpc) is 3.52. The number of para-hydroxylation sites is 1. The molecule has 1 aromatic heterocycles. The van der Waals surface area contributed by atoms with E-state index >= 15 is 0 Å². The lowest BCUT2D eigenvalue weighted by molar-refractivity contribution is -0.135. The SMILES string of the molecule is CC(C)C[C@H](NC(=O)[C@H](Cc1c[nH]c2ccccc12)NC(=O)[C@H](C)NC(=O)[C@@H](N)C(C)C)C(=O)N[C@H](C(=O)N[C@@H](C)C(=O)NCC(=O)NCC(N)=O)C(C)C. The van der Waals surface area contributed by atoms with Crippen molar-refractivity contribution in [2.24, 2.45) is 29.2 Å². The van der Waals surface area contributed by atoms with Gasteiger partial charge in [0.2, 0.25) is 47.3 Å². The van der Waals surface area contributed by atoms with E-state index in [1.54, 1.807) is 33.9 Å². The van der Waals surface area contributed by atoms with Gasteiger partial charge in [-0.05, 0) is 49.7 Å². The number of rotatable bonds is 21. The molecule has 18 heteroatoms. The summed E-state index contributed by atoms with van der Waals surface area (Å²) in [5.41, 5.74) is 12.5. The van der Waals surface area contributed by atoms with E-state index in [1.165, 1.54) is 13.8 Å². The molecule has 8 amide bonds. The standard InChI is InChI=1S/C37H58N10O8/c1-18(2)13-26(35(53)47-31(20(5)6)37(55)44-21(7)32(50)42-17-29(49)41-16-28(38)48)46-34(52)27(14-23-15-40-25-12-10-9-11-24(23)25)45-33(51)22(8)43-36(54)30(39)19(3)4/h9-12,15,18-22,26-27,30-31,40H,13-14,16-17,39H2,1-8H3,(H2,38,48)(H,41,49)(H,42,50)(H,43,54)(H,44,55)(H,45,51)(H,46,52)(H,47,53)/t21-,22-,26-,27-,30-,31-/m0/s1. The molecule has 0 unspecified atom stereocenters. The largest absolute Gasteiger partial charge is 0.368 e. The number of nitrogens with two attached hydrogens (primary N) is 2. The minimum Gasteiger partial charge on any atom is -0.368 e. The molecule has 0 saturated carbocycles. The van der Waals surface area contributed by atoms with Gasteiger partial charge in [0.15, 0.2) is 0 Å². The van der Waals surface area contributed by atoms with Crippen LogP contribution in [0.15, 0.2) is 30.5 Å². The Bertz CT molecular complexity index is 1690. The summed E-state index contributed by atoms with van der Waals surface area (Å²) >= 11 is 0. The van der Waals surface area contributed by atoms with Crippen LogP contribution in [0.25, 0.3) is 10.9 Å². The lowest BCUT2D eigenvalue weighted by Crippen LogP contribution is -2.60. The van der Waals surface area contributed by atoms with E-state index < -0.39 is 103 Å². The van der Waals surface area contributed by atoms with Gasteiger partial charge < -0.3 is 53.7 Å². The highest BCUT2D eigenvalue weighted by molar-refractivity contribution is 5.97. The number of nitrogens with one attached hydrogen (secondary N) is 8. The first-order chi connectivity index (χ1) is 25.7. The Hall–Kier alpha value is -5.52. The maximum atomic E-state index is 14.0. The molecule has 2 rings (SSSR count). The van der Waals surface area contributed by atoms with Crippen molar-refractivity contribution < 1.29 is 38.4 Å². The second kappa shape index (κ2) is 21.4. The number of aromatic nitrogens is 1. The number of primary amides is 1. The van der Waals surface area contributed by atoms with Crippen LogP contribution in [0.3, 0.4) is 0 Å². The van der Waals surface area contributed by atoms with E-state index in [9.17, 15) is 38.4 Å². The molecule has 304 valence electrons. The van der Waals surface area contributed by atoms with Crippen LogP contribution in [0, 0.1) is 17.8 Å². The number of carbonyl (C=O) groups excluding carboxylic acids is 8. The number of fused-ring (bicyclic) bond motifs is 1. The zero-order valence-electron chi connectivity index (χ0n) is 32.8. The van der Waals surface area contributed by atoms with Gasteiger partial charge in [-0.25, -0.2) is 0 Å². The zero-order valence-corrected chi connectivity index (χ0v) is 32.8. The fraction of sp³-hybridized carbons (Fsp3) is 0.568. The van der Waals surface area contributed by atoms with Gasteiger partial charge >= 0.3 is 0 Å². The Morgan fingerprint density at radius 1 is 0.636 bits per heavy atom. The molecule has 55 heavy (non-hydrogen) atoms. The fourth-order valence-corrected chi connectivity index (χ4v) is 5.41. The monoisotopic (exact) mass is 770 g/mol. The van der Waals surface area contributed by atoms with Crippen molar-refractivity contribution in [2.45, 2.75) is 104 Å². The number of hydrogen-bond acceptors (Lipinski definition) is 9. The third kappa shape index (κ3) is 14.7. The summed E-state index contributed by atoms with van der Waals surface area (Å²) < 4.78 is 0. The molecule has 1 heterocycles. The van der Waals surface area contributed by atoms with Gasteiger partial charge in [0.25, 0.3) is 0 Å². The van der Waals surface area contributed by atoms with Crippen LogP contribution in [0.1, 0.15) is 67.4 Å². The van der Waals surface area contributed by atoms with Crippen LogP contribution < -0.4 is 48.7 Å². The molecule has 0 fully saturated rings. The molecule has 2 aromatic rings. The topological polar surface area (TPSA) is 289 Å². The van der Waals surface area contributed by atoms with Crippen molar-refractivity contribution in [3.05, 3.63) is 36.0 Å². The molecule has 0 bridgehead atoms. The minimum absolute atomic E-state index is 0.0353. The molecular weight excluding hydrogens is 712 g/mol. The minimum atomic E-state index is -1.19. The van der Waals surface area contributed by atoms with Crippen LogP contribution in [0.2, 0.25) is 0 Å². The van der Waals surface area contributed by atoms with Crippen LogP contribution in [0.4, 0.5) is 0 Å². The lowest BCUT2D eigenvalue weighted by Gasteiger charge is -2.28. The van der Waals surface area contributed by atoms with Crippen LogP contribution >= 0.6 is 0 Å². The molecule has 0 spiro atoms. The van der Waals surface area contributed by atoms with E-state index in [4.69, 9.17) is 11.5 Å². The van der Waals surface area contributed by atoms with Crippen LogP contribution in [-0.2, 0) is 44.8 Å². The quantitative estimate of drug-likeness (QED) is 0.0712. The summed E-state index contributed by atoms with van der Waals surface area (Å²) in [5.74, 6) is -6.02. The molecule has 0 radical (unpaired) electrons. The molecule has 0 saturated heterocycles. The molecule has 6 atom stereocenters. The Labute approximate surface area is 321 Å². The fourth-order valence-electron chi connectivity index (χ4n) is 5.41. The number of hydrogen-bond donors (Lipinski definition) is 10. The summed E-state index contributed by atoms with van der Waals surface area (Å²) in [4.78, 5) is 106. The average molecular weight is 771 g/mol. The number of aromatic amines is 1.